The molecule has 1 aromatic rings. The number of hydrogen-bond acceptors (Lipinski definition) is 3. The highest BCUT2D eigenvalue weighted by molar-refractivity contribution is 7.64. The number of hydrogen-bond donors (Lipinski definition) is 0. The molecular formula is C17H25Cl3O3Si. The maximum atomic E-state index is 6.07. The van der Waals surface area contributed by atoms with Crippen LogP contribution in [0, 0.1) is 0 Å². The van der Waals surface area contributed by atoms with E-state index in [9.17, 15) is 0 Å². The molecule has 0 amide bonds. The highest BCUT2D eigenvalue weighted by Gasteiger charge is 2.32. The Morgan fingerprint density at radius 1 is 1.21 bits per heavy atom. The second kappa shape index (κ2) is 8.99. The molecule has 0 bridgehead atoms. The standard InChI is InChI=1S/C17H25Cl3O3Si/c1-3-4-5-9-17(2)22-13-14-12-15(7-8-16(14)23-17)21-10-6-11-24(18,19)20/h7-8,12H,3-6,9-11,13H2,1-2H3. The van der Waals surface area contributed by atoms with Crippen molar-refractivity contribution in [3.05, 3.63) is 23.8 Å². The number of unbranched alkanes of at least 4 members (excludes halogenated alkanes) is 2. The average Bonchev–Trinajstić information content (AvgIpc) is 2.51. The van der Waals surface area contributed by atoms with Gasteiger partial charge in [-0.1, -0.05) is 19.8 Å². The van der Waals surface area contributed by atoms with Crippen LogP contribution < -0.4 is 9.47 Å². The van der Waals surface area contributed by atoms with E-state index >= 15 is 0 Å². The molecule has 0 fully saturated rings. The summed E-state index contributed by atoms with van der Waals surface area (Å²) in [6, 6.07) is 3.89. The van der Waals surface area contributed by atoms with Crippen LogP contribution in [0.4, 0.5) is 0 Å². The Morgan fingerprint density at radius 2 is 2.00 bits per heavy atom. The maximum Gasteiger partial charge on any atom is 0.341 e. The van der Waals surface area contributed by atoms with Crippen LogP contribution in [-0.2, 0) is 11.3 Å². The summed E-state index contributed by atoms with van der Waals surface area (Å²) in [6.07, 6.45) is 5.13. The van der Waals surface area contributed by atoms with Crippen LogP contribution in [0.2, 0.25) is 6.04 Å². The molecule has 7 heteroatoms. The first-order chi connectivity index (χ1) is 11.3. The molecule has 0 N–H and O–H groups in total. The third-order valence-electron chi connectivity index (χ3n) is 4.00. The van der Waals surface area contributed by atoms with Crippen LogP contribution in [0.25, 0.3) is 0 Å². The Kier molecular flexibility index (Phi) is 7.56. The molecule has 1 unspecified atom stereocenters. The van der Waals surface area contributed by atoms with Gasteiger partial charge in [0, 0.05) is 18.9 Å². The van der Waals surface area contributed by atoms with E-state index < -0.39 is 11.8 Å². The van der Waals surface area contributed by atoms with Gasteiger partial charge >= 0.3 is 6.00 Å². The van der Waals surface area contributed by atoms with Crippen molar-refractivity contribution in [2.24, 2.45) is 0 Å². The van der Waals surface area contributed by atoms with Crippen molar-refractivity contribution in [1.82, 2.24) is 0 Å². The summed E-state index contributed by atoms with van der Waals surface area (Å²) in [4.78, 5) is 0. The summed E-state index contributed by atoms with van der Waals surface area (Å²) in [6.45, 7) is 5.28. The number of benzene rings is 1. The highest BCUT2D eigenvalue weighted by atomic mass is 35.8. The normalized spacial score (nSPS) is 20.4. The lowest BCUT2D eigenvalue weighted by molar-refractivity contribution is -0.198. The topological polar surface area (TPSA) is 27.7 Å². The van der Waals surface area contributed by atoms with Crippen molar-refractivity contribution in [2.75, 3.05) is 6.61 Å². The van der Waals surface area contributed by atoms with Crippen LogP contribution in [0.5, 0.6) is 11.5 Å². The van der Waals surface area contributed by atoms with Gasteiger partial charge in [0.2, 0.25) is 5.79 Å². The van der Waals surface area contributed by atoms with Crippen molar-refractivity contribution in [2.45, 2.75) is 64.4 Å². The molecule has 0 saturated carbocycles. The van der Waals surface area contributed by atoms with Crippen LogP contribution in [0.1, 0.15) is 51.5 Å². The zero-order valence-electron chi connectivity index (χ0n) is 14.2. The monoisotopic (exact) mass is 410 g/mol. The third-order valence-corrected chi connectivity index (χ3v) is 6.62. The van der Waals surface area contributed by atoms with E-state index in [-0.39, 0.29) is 0 Å². The van der Waals surface area contributed by atoms with Crippen molar-refractivity contribution in [3.8, 4) is 11.5 Å². The number of halogens is 3. The molecule has 1 aliphatic rings. The van der Waals surface area contributed by atoms with Gasteiger partial charge < -0.3 is 14.2 Å². The predicted molar refractivity (Wildman–Crippen MR) is 103 cm³/mol. The first-order valence-electron chi connectivity index (χ1n) is 8.47. The van der Waals surface area contributed by atoms with Crippen LogP contribution in [-0.4, -0.2) is 18.4 Å². The molecule has 136 valence electrons. The fourth-order valence-corrected chi connectivity index (χ4v) is 4.38. The average molecular weight is 412 g/mol. The van der Waals surface area contributed by atoms with E-state index in [4.69, 9.17) is 47.4 Å². The van der Waals surface area contributed by atoms with Crippen LogP contribution >= 0.6 is 33.2 Å². The summed E-state index contributed by atoms with van der Waals surface area (Å²) in [7, 11) is 0. The van der Waals surface area contributed by atoms with E-state index in [1.54, 1.807) is 0 Å². The predicted octanol–water partition coefficient (Wildman–Crippen LogP) is 6.32. The summed E-state index contributed by atoms with van der Waals surface area (Å²) in [5, 5.41) is 0. The SMILES string of the molecule is CCCCCC1(C)OCc2cc(OCCC[Si](Cl)(Cl)Cl)ccc2O1. The molecule has 0 saturated heterocycles. The lowest BCUT2D eigenvalue weighted by Gasteiger charge is -2.36. The smallest absolute Gasteiger partial charge is 0.341 e. The molecule has 1 atom stereocenters. The van der Waals surface area contributed by atoms with Crippen molar-refractivity contribution < 1.29 is 14.2 Å². The van der Waals surface area contributed by atoms with E-state index in [1.165, 1.54) is 12.8 Å². The van der Waals surface area contributed by atoms with Crippen molar-refractivity contribution in [3.63, 3.8) is 0 Å². The third kappa shape index (κ3) is 6.64. The Labute approximate surface area is 159 Å². The van der Waals surface area contributed by atoms with Gasteiger partial charge in [0.1, 0.15) is 11.5 Å². The zero-order chi connectivity index (χ0) is 17.6. The number of fused-ring (bicyclic) bond motifs is 1. The van der Waals surface area contributed by atoms with Gasteiger partial charge in [0.05, 0.1) is 13.2 Å². The minimum atomic E-state index is -2.55. The molecule has 2 rings (SSSR count). The Balaban J connectivity index is 1.86. The van der Waals surface area contributed by atoms with E-state index in [1.807, 2.05) is 25.1 Å². The fraction of sp³-hybridized carbons (Fsp3) is 0.647. The van der Waals surface area contributed by atoms with Crippen LogP contribution in [0.3, 0.4) is 0 Å². The van der Waals surface area contributed by atoms with Gasteiger partial charge in [-0.15, -0.1) is 33.2 Å². The fourth-order valence-electron chi connectivity index (χ4n) is 2.63. The largest absolute Gasteiger partial charge is 0.494 e. The van der Waals surface area contributed by atoms with Gasteiger partial charge in [0.25, 0.3) is 0 Å². The summed E-state index contributed by atoms with van der Waals surface area (Å²) >= 11 is 17.6. The minimum absolute atomic E-state index is 0.528. The Bertz CT molecular complexity index is 536. The number of ether oxygens (including phenoxy) is 3. The van der Waals surface area contributed by atoms with Gasteiger partial charge in [-0.25, -0.2) is 0 Å². The molecule has 0 spiro atoms. The van der Waals surface area contributed by atoms with Crippen molar-refractivity contribution >= 4 is 39.2 Å². The molecule has 24 heavy (non-hydrogen) atoms. The van der Waals surface area contributed by atoms with Gasteiger partial charge in [0.15, 0.2) is 0 Å². The molecule has 0 aromatic heterocycles. The second-order valence-corrected chi connectivity index (χ2v) is 15.6. The maximum absolute atomic E-state index is 6.07. The van der Waals surface area contributed by atoms with E-state index in [0.717, 1.165) is 36.3 Å². The molecule has 1 aliphatic heterocycles. The lowest BCUT2D eigenvalue weighted by atomic mass is 10.1. The first-order valence-corrected chi connectivity index (χ1v) is 13.7. The lowest BCUT2D eigenvalue weighted by Crippen LogP contribution is -2.38. The molecule has 1 heterocycles. The van der Waals surface area contributed by atoms with E-state index in [0.29, 0.717) is 19.3 Å². The second-order valence-electron chi connectivity index (χ2n) is 6.32. The summed E-state index contributed by atoms with van der Waals surface area (Å²) in [5.74, 6) is 1.14. The molecule has 0 aliphatic carbocycles. The molecule has 0 radical (unpaired) electrons. The minimum Gasteiger partial charge on any atom is -0.494 e. The molecule has 3 nitrogen and oxygen atoms in total. The highest BCUT2D eigenvalue weighted by Crippen LogP contribution is 2.36. The van der Waals surface area contributed by atoms with Crippen molar-refractivity contribution in [1.29, 1.82) is 0 Å². The van der Waals surface area contributed by atoms with E-state index in [2.05, 4.69) is 6.92 Å². The zero-order valence-corrected chi connectivity index (χ0v) is 17.5. The summed E-state index contributed by atoms with van der Waals surface area (Å²) < 4.78 is 17.7. The molecular weight excluding hydrogens is 387 g/mol. The van der Waals surface area contributed by atoms with Gasteiger partial charge in [-0.05, 0) is 37.1 Å². The van der Waals surface area contributed by atoms with Gasteiger partial charge in [-0.3, -0.25) is 0 Å². The quantitative estimate of drug-likeness (QED) is 0.270. The number of rotatable bonds is 9. The molecule has 1 aromatic carbocycles. The first kappa shape index (κ1) is 20.2. The Hall–Kier alpha value is -0.133. The van der Waals surface area contributed by atoms with Crippen LogP contribution in [0.15, 0.2) is 18.2 Å². The Morgan fingerprint density at radius 3 is 2.71 bits per heavy atom. The van der Waals surface area contributed by atoms with Gasteiger partial charge in [-0.2, -0.15) is 0 Å². The summed E-state index contributed by atoms with van der Waals surface area (Å²) in [5.41, 5.74) is 1.01.